The highest BCUT2D eigenvalue weighted by Gasteiger charge is 2.21. The van der Waals surface area contributed by atoms with E-state index in [2.05, 4.69) is 0 Å². The number of hydrogen-bond acceptors (Lipinski definition) is 4. The van der Waals surface area contributed by atoms with Crippen LogP contribution in [-0.2, 0) is 16.6 Å². The van der Waals surface area contributed by atoms with Crippen LogP contribution in [0.25, 0.3) is 0 Å². The molecule has 1 heterocycles. The van der Waals surface area contributed by atoms with E-state index in [1.807, 2.05) is 6.92 Å². The van der Waals surface area contributed by atoms with Gasteiger partial charge in [-0.15, -0.1) is 0 Å². The van der Waals surface area contributed by atoms with Crippen LogP contribution in [0.2, 0.25) is 0 Å². The van der Waals surface area contributed by atoms with Crippen molar-refractivity contribution in [3.63, 3.8) is 0 Å². The number of anilines is 1. The van der Waals surface area contributed by atoms with E-state index in [1.54, 1.807) is 78.9 Å². The summed E-state index contributed by atoms with van der Waals surface area (Å²) in [6.07, 6.45) is 1.56. The number of amides is 1. The number of benzene rings is 2. The van der Waals surface area contributed by atoms with Gasteiger partial charge in [0.2, 0.25) is 0 Å². The molecule has 0 unspecified atom stereocenters. The van der Waals surface area contributed by atoms with Crippen LogP contribution in [0.3, 0.4) is 0 Å². The van der Waals surface area contributed by atoms with E-state index in [-0.39, 0.29) is 10.8 Å². The number of carbonyl (C=O) groups is 1. The van der Waals surface area contributed by atoms with Crippen LogP contribution in [0, 0.1) is 6.92 Å². The highest BCUT2D eigenvalue weighted by Crippen LogP contribution is 2.23. The highest BCUT2D eigenvalue weighted by atomic mass is 32.2. The van der Waals surface area contributed by atoms with E-state index < -0.39 is 10.0 Å². The first-order valence-corrected chi connectivity index (χ1v) is 10.2. The first-order valence-electron chi connectivity index (χ1n) is 8.72. The van der Waals surface area contributed by atoms with Crippen molar-refractivity contribution in [2.75, 3.05) is 18.4 Å². The second kappa shape index (κ2) is 7.90. The van der Waals surface area contributed by atoms with E-state index in [4.69, 9.17) is 4.42 Å². The average molecular weight is 398 g/mol. The molecule has 7 heteroatoms. The molecule has 0 fully saturated rings. The molecule has 1 aromatic heterocycles. The van der Waals surface area contributed by atoms with Crippen LogP contribution in [0.4, 0.5) is 5.69 Å². The second-order valence-electron chi connectivity index (χ2n) is 6.57. The fourth-order valence-electron chi connectivity index (χ4n) is 2.75. The Labute approximate surface area is 165 Å². The Kier molecular flexibility index (Phi) is 5.56. The van der Waals surface area contributed by atoms with Crippen molar-refractivity contribution in [3.05, 3.63) is 83.8 Å². The smallest absolute Gasteiger partial charge is 0.264 e. The Morgan fingerprint density at radius 3 is 2.18 bits per heavy atom. The van der Waals surface area contributed by atoms with Gasteiger partial charge in [0.05, 0.1) is 23.4 Å². The molecular formula is C21H22N2O4S. The lowest BCUT2D eigenvalue weighted by Gasteiger charge is -2.20. The van der Waals surface area contributed by atoms with Crippen LogP contribution >= 0.6 is 0 Å². The maximum Gasteiger partial charge on any atom is 0.264 e. The molecule has 0 aliphatic heterocycles. The minimum absolute atomic E-state index is 0.174. The van der Waals surface area contributed by atoms with Gasteiger partial charge >= 0.3 is 0 Å². The maximum atomic E-state index is 12.8. The Morgan fingerprint density at radius 2 is 1.61 bits per heavy atom. The molecule has 0 aliphatic carbocycles. The number of aryl methyl sites for hydroxylation is 1. The summed E-state index contributed by atoms with van der Waals surface area (Å²) in [7, 11) is -0.485. The zero-order valence-corrected chi connectivity index (χ0v) is 16.8. The van der Waals surface area contributed by atoms with Gasteiger partial charge in [0.1, 0.15) is 5.76 Å². The van der Waals surface area contributed by atoms with Gasteiger partial charge in [-0.1, -0.05) is 17.7 Å². The van der Waals surface area contributed by atoms with Gasteiger partial charge in [-0.05, 0) is 55.5 Å². The molecule has 0 saturated heterocycles. The fraction of sp³-hybridized carbons (Fsp3) is 0.190. The van der Waals surface area contributed by atoms with Gasteiger partial charge in [0.25, 0.3) is 15.9 Å². The lowest BCUT2D eigenvalue weighted by atomic mass is 10.2. The van der Waals surface area contributed by atoms with Gasteiger partial charge < -0.3 is 9.32 Å². The SMILES string of the molecule is Cc1ccc(S(=O)(=O)N(C)c2ccc(C(=O)N(C)Cc3ccco3)cc2)cc1. The van der Waals surface area contributed by atoms with Crippen molar-refractivity contribution in [3.8, 4) is 0 Å². The van der Waals surface area contributed by atoms with Crippen molar-refractivity contribution < 1.29 is 17.6 Å². The molecule has 0 bridgehead atoms. The van der Waals surface area contributed by atoms with Crippen LogP contribution in [0.5, 0.6) is 0 Å². The van der Waals surface area contributed by atoms with E-state index in [9.17, 15) is 13.2 Å². The van der Waals surface area contributed by atoms with Crippen molar-refractivity contribution >= 4 is 21.6 Å². The normalized spacial score (nSPS) is 11.2. The molecule has 0 N–H and O–H groups in total. The van der Waals surface area contributed by atoms with Gasteiger partial charge in [0.15, 0.2) is 0 Å². The number of carbonyl (C=O) groups excluding carboxylic acids is 1. The summed E-state index contributed by atoms with van der Waals surface area (Å²) in [5.41, 5.74) is 1.94. The number of sulfonamides is 1. The summed E-state index contributed by atoms with van der Waals surface area (Å²) in [5, 5.41) is 0. The van der Waals surface area contributed by atoms with Gasteiger partial charge in [0, 0.05) is 19.7 Å². The molecule has 3 aromatic rings. The van der Waals surface area contributed by atoms with Crippen LogP contribution in [-0.4, -0.2) is 33.3 Å². The standard InChI is InChI=1S/C21H22N2O4S/c1-16-6-12-20(13-7-16)28(25,26)23(3)18-10-8-17(9-11-18)21(24)22(2)15-19-5-4-14-27-19/h4-14H,15H2,1-3H3. The van der Waals surface area contributed by atoms with Crippen molar-refractivity contribution in [2.45, 2.75) is 18.4 Å². The van der Waals surface area contributed by atoms with E-state index in [0.29, 0.717) is 23.6 Å². The zero-order chi connectivity index (χ0) is 20.3. The summed E-state index contributed by atoms with van der Waals surface area (Å²) in [6.45, 7) is 2.26. The van der Waals surface area contributed by atoms with E-state index in [0.717, 1.165) is 5.56 Å². The van der Waals surface area contributed by atoms with Crippen molar-refractivity contribution in [2.24, 2.45) is 0 Å². The Bertz CT molecular complexity index is 1040. The number of furan rings is 1. The largest absolute Gasteiger partial charge is 0.467 e. The number of rotatable bonds is 6. The summed E-state index contributed by atoms with van der Waals surface area (Å²) in [5.74, 6) is 0.517. The number of hydrogen-bond donors (Lipinski definition) is 0. The molecule has 2 aromatic carbocycles. The molecule has 6 nitrogen and oxygen atoms in total. The predicted octanol–water partition coefficient (Wildman–Crippen LogP) is 3.69. The van der Waals surface area contributed by atoms with Crippen molar-refractivity contribution in [1.29, 1.82) is 0 Å². The molecule has 1 amide bonds. The van der Waals surface area contributed by atoms with Gasteiger partial charge in [-0.25, -0.2) is 8.42 Å². The molecule has 0 aliphatic rings. The molecule has 0 atom stereocenters. The summed E-state index contributed by atoms with van der Waals surface area (Å²) < 4.78 is 32.0. The first-order chi connectivity index (χ1) is 13.3. The monoisotopic (exact) mass is 398 g/mol. The third kappa shape index (κ3) is 4.09. The van der Waals surface area contributed by atoms with Gasteiger partial charge in [-0.2, -0.15) is 0 Å². The average Bonchev–Trinajstić information content (AvgIpc) is 3.20. The molecule has 3 rings (SSSR count). The Hall–Kier alpha value is -3.06. The highest BCUT2D eigenvalue weighted by molar-refractivity contribution is 7.92. The minimum atomic E-state index is -3.67. The molecule has 146 valence electrons. The maximum absolute atomic E-state index is 12.8. The van der Waals surface area contributed by atoms with Crippen molar-refractivity contribution in [1.82, 2.24) is 4.90 Å². The lowest BCUT2D eigenvalue weighted by molar-refractivity contribution is 0.0775. The molecule has 28 heavy (non-hydrogen) atoms. The molecule has 0 spiro atoms. The van der Waals surface area contributed by atoms with E-state index >= 15 is 0 Å². The third-order valence-electron chi connectivity index (χ3n) is 4.48. The predicted molar refractivity (Wildman–Crippen MR) is 108 cm³/mol. The third-order valence-corrected chi connectivity index (χ3v) is 6.28. The van der Waals surface area contributed by atoms with Crippen LogP contribution in [0.15, 0.2) is 76.2 Å². The Balaban J connectivity index is 1.76. The summed E-state index contributed by atoms with van der Waals surface area (Å²) in [6, 6.07) is 16.8. The second-order valence-corrected chi connectivity index (χ2v) is 8.54. The summed E-state index contributed by atoms with van der Waals surface area (Å²) in [4.78, 5) is 14.3. The lowest BCUT2D eigenvalue weighted by Crippen LogP contribution is -2.27. The Morgan fingerprint density at radius 1 is 0.964 bits per heavy atom. The van der Waals surface area contributed by atoms with Gasteiger partial charge in [-0.3, -0.25) is 9.10 Å². The molecule has 0 saturated carbocycles. The molecule has 0 radical (unpaired) electrons. The summed E-state index contributed by atoms with van der Waals surface area (Å²) >= 11 is 0. The quantitative estimate of drug-likeness (QED) is 0.635. The minimum Gasteiger partial charge on any atom is -0.467 e. The fourth-order valence-corrected chi connectivity index (χ4v) is 3.95. The van der Waals surface area contributed by atoms with E-state index in [1.165, 1.54) is 11.4 Å². The number of nitrogens with zero attached hydrogens (tertiary/aromatic N) is 2. The van der Waals surface area contributed by atoms with Crippen LogP contribution in [0.1, 0.15) is 21.7 Å². The molecular weight excluding hydrogens is 376 g/mol. The first kappa shape index (κ1) is 19.7. The topological polar surface area (TPSA) is 70.8 Å². The van der Waals surface area contributed by atoms with Crippen LogP contribution < -0.4 is 4.31 Å². The zero-order valence-electron chi connectivity index (χ0n) is 16.0.